The minimum atomic E-state index is -0.577. The first-order chi connectivity index (χ1) is 15.4. The third-order valence-electron chi connectivity index (χ3n) is 7.48. The lowest BCUT2D eigenvalue weighted by molar-refractivity contribution is -0.124. The summed E-state index contributed by atoms with van der Waals surface area (Å²) in [6.45, 7) is 1.45. The minimum Gasteiger partial charge on any atom is -0.423 e. The van der Waals surface area contributed by atoms with Crippen LogP contribution in [0.2, 0.25) is 0 Å². The lowest BCUT2D eigenvalue weighted by atomic mass is 9.63. The van der Waals surface area contributed by atoms with Gasteiger partial charge in [-0.2, -0.15) is 0 Å². The van der Waals surface area contributed by atoms with Gasteiger partial charge in [-0.1, -0.05) is 24.3 Å². The molecule has 1 heterocycles. The Morgan fingerprint density at radius 2 is 1.50 bits per heavy atom. The van der Waals surface area contributed by atoms with Gasteiger partial charge in [0.1, 0.15) is 5.75 Å². The van der Waals surface area contributed by atoms with Crippen LogP contribution >= 0.6 is 0 Å². The summed E-state index contributed by atoms with van der Waals surface area (Å²) < 4.78 is 5.38. The maximum absolute atomic E-state index is 13.2. The van der Waals surface area contributed by atoms with Crippen molar-refractivity contribution in [2.24, 2.45) is 35.5 Å². The molecule has 4 aliphatic carbocycles. The van der Waals surface area contributed by atoms with Crippen molar-refractivity contribution in [1.29, 1.82) is 0 Å². The predicted molar refractivity (Wildman–Crippen MR) is 115 cm³/mol. The Bertz CT molecular complexity index is 1180. The molecule has 7 rings (SSSR count). The molecule has 6 heteroatoms. The van der Waals surface area contributed by atoms with E-state index in [9.17, 15) is 19.2 Å². The summed E-state index contributed by atoms with van der Waals surface area (Å²) in [6, 6.07) is 12.8. The van der Waals surface area contributed by atoms with E-state index in [1.54, 1.807) is 42.5 Å². The number of nitrogens with zero attached hydrogens (tertiary/aromatic N) is 1. The van der Waals surface area contributed by atoms with Crippen LogP contribution in [0.5, 0.6) is 5.75 Å². The molecule has 0 N–H and O–H groups in total. The standard InChI is InChI=1S/C26H21NO5/c1-13(28)15-3-2-4-17(11-15)32-26(31)14-5-7-16(8-6-14)27-24(29)22-18-9-10-19(21-12-20(18)21)23(22)25(27)30/h2-11,18-23H,12H2,1H3/t18-,19-,20-,21-,22-,23+/m1/s1. The summed E-state index contributed by atoms with van der Waals surface area (Å²) in [6.07, 6.45) is 5.42. The number of hydrogen-bond donors (Lipinski definition) is 0. The van der Waals surface area contributed by atoms with E-state index in [-0.39, 0.29) is 47.0 Å². The second-order valence-electron chi connectivity index (χ2n) is 9.19. The molecular formula is C26H21NO5. The lowest BCUT2D eigenvalue weighted by Gasteiger charge is -2.37. The van der Waals surface area contributed by atoms with E-state index in [0.717, 1.165) is 6.42 Å². The van der Waals surface area contributed by atoms with Crippen LogP contribution in [0, 0.1) is 35.5 Å². The molecule has 32 heavy (non-hydrogen) atoms. The molecule has 0 unspecified atom stereocenters. The number of anilines is 1. The highest BCUT2D eigenvalue weighted by Crippen LogP contribution is 2.65. The fourth-order valence-corrected chi connectivity index (χ4v) is 5.90. The number of ether oxygens (including phenoxy) is 1. The molecule has 0 spiro atoms. The van der Waals surface area contributed by atoms with Crippen molar-refractivity contribution in [3.05, 3.63) is 71.8 Å². The summed E-state index contributed by atoms with van der Waals surface area (Å²) in [5, 5.41) is 0. The first-order valence-electron chi connectivity index (χ1n) is 10.9. The first-order valence-corrected chi connectivity index (χ1v) is 10.9. The van der Waals surface area contributed by atoms with E-state index < -0.39 is 5.97 Å². The highest BCUT2D eigenvalue weighted by Gasteiger charge is 2.67. The van der Waals surface area contributed by atoms with E-state index in [4.69, 9.17) is 4.74 Å². The monoisotopic (exact) mass is 427 g/mol. The second-order valence-corrected chi connectivity index (χ2v) is 9.19. The first kappa shape index (κ1) is 19.2. The van der Waals surface area contributed by atoms with Crippen molar-refractivity contribution in [2.45, 2.75) is 13.3 Å². The Morgan fingerprint density at radius 1 is 0.875 bits per heavy atom. The molecule has 3 fully saturated rings. The molecule has 2 saturated carbocycles. The number of amides is 2. The van der Waals surface area contributed by atoms with Crippen molar-refractivity contribution < 1.29 is 23.9 Å². The zero-order chi connectivity index (χ0) is 22.1. The van der Waals surface area contributed by atoms with Crippen LogP contribution in [-0.4, -0.2) is 23.6 Å². The van der Waals surface area contributed by atoms with Gasteiger partial charge in [0.05, 0.1) is 23.1 Å². The van der Waals surface area contributed by atoms with E-state index in [0.29, 0.717) is 28.7 Å². The van der Waals surface area contributed by atoms with Crippen LogP contribution in [0.4, 0.5) is 5.69 Å². The summed E-state index contributed by atoms with van der Waals surface area (Å²) in [4.78, 5) is 51.8. The maximum atomic E-state index is 13.2. The molecular weight excluding hydrogens is 406 g/mol. The number of ketones is 1. The zero-order valence-corrected chi connectivity index (χ0v) is 17.4. The fourth-order valence-electron chi connectivity index (χ4n) is 5.90. The summed E-state index contributed by atoms with van der Waals surface area (Å²) in [7, 11) is 0. The van der Waals surface area contributed by atoms with E-state index in [1.807, 2.05) is 0 Å². The van der Waals surface area contributed by atoms with Crippen molar-refractivity contribution in [3.8, 4) is 5.75 Å². The van der Waals surface area contributed by atoms with Gasteiger partial charge in [0.25, 0.3) is 0 Å². The smallest absolute Gasteiger partial charge is 0.343 e. The molecule has 0 radical (unpaired) electrons. The molecule has 5 aliphatic rings. The topological polar surface area (TPSA) is 80.8 Å². The minimum absolute atomic E-state index is 0.117. The third-order valence-corrected chi connectivity index (χ3v) is 7.48. The predicted octanol–water partition coefficient (Wildman–Crippen LogP) is 3.67. The number of esters is 1. The largest absolute Gasteiger partial charge is 0.423 e. The molecule has 160 valence electrons. The van der Waals surface area contributed by atoms with Crippen LogP contribution in [-0.2, 0) is 9.59 Å². The van der Waals surface area contributed by atoms with Gasteiger partial charge in [0.2, 0.25) is 11.8 Å². The average Bonchev–Trinajstić information content (AvgIpc) is 3.57. The SMILES string of the molecule is CC(=O)c1cccc(OC(=O)c2ccc(N3C(=O)[C@@H]4[C@@H]5C=C[C@H]([C@H]6C[C@H]56)[C@@H]4C3=O)cc2)c1. The molecule has 2 aromatic carbocycles. The summed E-state index contributed by atoms with van der Waals surface area (Å²) in [5.41, 5.74) is 1.23. The van der Waals surface area contributed by atoms with Gasteiger partial charge in [0, 0.05) is 5.56 Å². The normalized spacial score (nSPS) is 31.3. The molecule has 2 aromatic rings. The molecule has 6 nitrogen and oxygen atoms in total. The molecule has 1 aliphatic heterocycles. The summed E-state index contributed by atoms with van der Waals surface area (Å²) in [5.74, 6) is 0.306. The molecule has 2 amide bonds. The van der Waals surface area contributed by atoms with Crippen LogP contribution in [0.15, 0.2) is 60.7 Å². The number of hydrogen-bond acceptors (Lipinski definition) is 5. The zero-order valence-electron chi connectivity index (χ0n) is 17.4. The van der Waals surface area contributed by atoms with Gasteiger partial charge in [-0.3, -0.25) is 19.3 Å². The number of carbonyl (C=O) groups is 4. The Labute approximate surface area is 184 Å². The highest BCUT2D eigenvalue weighted by atomic mass is 16.5. The van der Waals surface area contributed by atoms with Gasteiger partial charge < -0.3 is 4.74 Å². The Morgan fingerprint density at radius 3 is 2.09 bits per heavy atom. The number of carbonyl (C=O) groups excluding carboxylic acids is 4. The maximum Gasteiger partial charge on any atom is 0.343 e. The van der Waals surface area contributed by atoms with Gasteiger partial charge in [0.15, 0.2) is 5.78 Å². The molecule has 6 atom stereocenters. The van der Waals surface area contributed by atoms with Crippen molar-refractivity contribution >= 4 is 29.3 Å². The molecule has 2 bridgehead atoms. The Balaban J connectivity index is 1.21. The number of Topliss-reactive ketones (excluding diaryl/α,β-unsaturated/α-hetero) is 1. The molecule has 1 saturated heterocycles. The average molecular weight is 427 g/mol. The van der Waals surface area contributed by atoms with Crippen LogP contribution < -0.4 is 9.64 Å². The van der Waals surface area contributed by atoms with Gasteiger partial charge in [-0.05, 0) is 73.4 Å². The number of benzene rings is 2. The van der Waals surface area contributed by atoms with Crippen LogP contribution in [0.1, 0.15) is 34.1 Å². The number of rotatable bonds is 4. The van der Waals surface area contributed by atoms with Gasteiger partial charge in [-0.25, -0.2) is 4.79 Å². The highest BCUT2D eigenvalue weighted by molar-refractivity contribution is 6.22. The van der Waals surface area contributed by atoms with Crippen LogP contribution in [0.25, 0.3) is 0 Å². The Hall–Kier alpha value is -3.54. The van der Waals surface area contributed by atoms with Gasteiger partial charge in [-0.15, -0.1) is 0 Å². The third kappa shape index (κ3) is 2.72. The van der Waals surface area contributed by atoms with Crippen molar-refractivity contribution in [3.63, 3.8) is 0 Å². The second kappa shape index (κ2) is 6.73. The van der Waals surface area contributed by atoms with Crippen molar-refractivity contribution in [1.82, 2.24) is 0 Å². The van der Waals surface area contributed by atoms with E-state index in [1.165, 1.54) is 17.9 Å². The quantitative estimate of drug-likeness (QED) is 0.245. The Kier molecular flexibility index (Phi) is 4.03. The molecule has 0 aromatic heterocycles. The van der Waals surface area contributed by atoms with Gasteiger partial charge >= 0.3 is 5.97 Å². The van der Waals surface area contributed by atoms with E-state index >= 15 is 0 Å². The van der Waals surface area contributed by atoms with Crippen molar-refractivity contribution in [2.75, 3.05) is 4.90 Å². The number of imide groups is 1. The van der Waals surface area contributed by atoms with Crippen LogP contribution in [0.3, 0.4) is 0 Å². The van der Waals surface area contributed by atoms with E-state index in [2.05, 4.69) is 12.2 Å². The lowest BCUT2D eigenvalue weighted by Crippen LogP contribution is -2.40. The number of allylic oxidation sites excluding steroid dienone is 2. The summed E-state index contributed by atoms with van der Waals surface area (Å²) >= 11 is 0. The fraction of sp³-hybridized carbons (Fsp3) is 0.308.